The minimum Gasteiger partial charge on any atom is -0.352 e. The number of fused-ring (bicyclic) bond motifs is 1. The zero-order valence-corrected chi connectivity index (χ0v) is 14.5. The molecule has 122 valence electrons. The Balaban J connectivity index is 1.57. The van der Waals surface area contributed by atoms with Crippen molar-refractivity contribution in [1.82, 2.24) is 14.9 Å². The zero-order valence-electron chi connectivity index (χ0n) is 13.7. The van der Waals surface area contributed by atoms with Crippen molar-refractivity contribution in [3.8, 4) is 0 Å². The molecule has 2 fully saturated rings. The Morgan fingerprint density at radius 2 is 2.00 bits per heavy atom. The quantitative estimate of drug-likeness (QED) is 0.868. The second-order valence-electron chi connectivity index (χ2n) is 6.47. The number of nitrogens with zero attached hydrogens (tertiary/aromatic N) is 4. The first kappa shape index (κ1) is 14.9. The highest BCUT2D eigenvalue weighted by Crippen LogP contribution is 2.33. The first-order chi connectivity index (χ1) is 11.2. The second kappa shape index (κ2) is 5.74. The maximum Gasteiger partial charge on any atom is 0.225 e. The summed E-state index contributed by atoms with van der Waals surface area (Å²) in [5, 5.41) is 1.17. The van der Waals surface area contributed by atoms with Crippen LogP contribution in [0.5, 0.6) is 0 Å². The van der Waals surface area contributed by atoms with Crippen molar-refractivity contribution in [2.75, 3.05) is 31.1 Å². The number of rotatable bonds is 3. The van der Waals surface area contributed by atoms with Crippen LogP contribution in [0.3, 0.4) is 0 Å². The third-order valence-electron chi connectivity index (χ3n) is 4.70. The number of amides is 1. The van der Waals surface area contributed by atoms with Crippen LogP contribution in [0.4, 0.5) is 5.82 Å². The van der Waals surface area contributed by atoms with Crippen LogP contribution in [0.25, 0.3) is 10.2 Å². The summed E-state index contributed by atoms with van der Waals surface area (Å²) >= 11 is 1.76. The van der Waals surface area contributed by atoms with Gasteiger partial charge in [-0.05, 0) is 32.3 Å². The fourth-order valence-electron chi connectivity index (χ4n) is 3.20. The molecule has 2 aromatic rings. The number of hydrogen-bond donors (Lipinski definition) is 0. The zero-order chi connectivity index (χ0) is 16.0. The van der Waals surface area contributed by atoms with E-state index in [-0.39, 0.29) is 0 Å². The summed E-state index contributed by atoms with van der Waals surface area (Å²) in [6.45, 7) is 7.48. The highest BCUT2D eigenvalue weighted by molar-refractivity contribution is 7.18. The van der Waals surface area contributed by atoms with E-state index in [0.29, 0.717) is 11.8 Å². The SMILES string of the molecule is CCc1cc2c(N3CCN(C(=O)C4CC4)CC3)nc(C)nc2s1. The highest BCUT2D eigenvalue weighted by atomic mass is 32.1. The van der Waals surface area contributed by atoms with Gasteiger partial charge in [0.15, 0.2) is 0 Å². The molecular weight excluding hydrogens is 308 g/mol. The second-order valence-corrected chi connectivity index (χ2v) is 7.58. The maximum atomic E-state index is 12.2. The molecule has 1 saturated heterocycles. The van der Waals surface area contributed by atoms with Crippen molar-refractivity contribution >= 4 is 33.3 Å². The summed E-state index contributed by atoms with van der Waals surface area (Å²) in [5.41, 5.74) is 0. The lowest BCUT2D eigenvalue weighted by Gasteiger charge is -2.35. The third kappa shape index (κ3) is 2.80. The van der Waals surface area contributed by atoms with Gasteiger partial charge in [0, 0.05) is 37.0 Å². The number of hydrogen-bond acceptors (Lipinski definition) is 5. The van der Waals surface area contributed by atoms with Gasteiger partial charge in [-0.1, -0.05) is 6.92 Å². The standard InChI is InChI=1S/C17H22N4OS/c1-3-13-10-14-15(18-11(2)19-16(14)23-13)20-6-8-21(9-7-20)17(22)12-4-5-12/h10,12H,3-9H2,1-2H3. The van der Waals surface area contributed by atoms with Gasteiger partial charge in [0.1, 0.15) is 16.5 Å². The number of aromatic nitrogens is 2. The molecule has 0 N–H and O–H groups in total. The summed E-state index contributed by atoms with van der Waals surface area (Å²) < 4.78 is 0. The molecule has 0 bridgehead atoms. The molecule has 0 aromatic carbocycles. The van der Waals surface area contributed by atoms with Crippen LogP contribution >= 0.6 is 11.3 Å². The Hall–Kier alpha value is -1.69. The predicted octanol–water partition coefficient (Wildman–Crippen LogP) is 2.62. The number of carbonyl (C=O) groups is 1. The Kier molecular flexibility index (Phi) is 3.71. The summed E-state index contributed by atoms with van der Waals surface area (Å²) in [6, 6.07) is 2.23. The predicted molar refractivity (Wildman–Crippen MR) is 93.0 cm³/mol. The van der Waals surface area contributed by atoms with Crippen LogP contribution in [0.1, 0.15) is 30.5 Å². The molecule has 0 unspecified atom stereocenters. The van der Waals surface area contributed by atoms with E-state index >= 15 is 0 Å². The molecular formula is C17H22N4OS. The Morgan fingerprint density at radius 1 is 1.26 bits per heavy atom. The lowest BCUT2D eigenvalue weighted by atomic mass is 10.2. The molecule has 1 aliphatic heterocycles. The molecule has 0 atom stereocenters. The summed E-state index contributed by atoms with van der Waals surface area (Å²) in [7, 11) is 0. The van der Waals surface area contributed by atoms with Crippen LogP contribution in [0, 0.1) is 12.8 Å². The van der Waals surface area contributed by atoms with Crippen LogP contribution in [0.2, 0.25) is 0 Å². The van der Waals surface area contributed by atoms with Crippen LogP contribution in [-0.4, -0.2) is 47.0 Å². The summed E-state index contributed by atoms with van der Waals surface area (Å²) in [5.74, 6) is 2.55. The lowest BCUT2D eigenvalue weighted by Crippen LogP contribution is -2.49. The number of piperazine rings is 1. The van der Waals surface area contributed by atoms with E-state index in [1.54, 1.807) is 11.3 Å². The summed E-state index contributed by atoms with van der Waals surface area (Å²) in [6.07, 6.45) is 3.20. The van der Waals surface area contributed by atoms with Gasteiger partial charge < -0.3 is 9.80 Å². The largest absolute Gasteiger partial charge is 0.352 e. The van der Waals surface area contributed by atoms with Crippen molar-refractivity contribution in [3.63, 3.8) is 0 Å². The first-order valence-electron chi connectivity index (χ1n) is 8.46. The lowest BCUT2D eigenvalue weighted by molar-refractivity contribution is -0.132. The fourth-order valence-corrected chi connectivity index (χ4v) is 4.21. The van der Waals surface area contributed by atoms with Crippen LogP contribution in [-0.2, 0) is 11.2 Å². The highest BCUT2D eigenvalue weighted by Gasteiger charge is 2.35. The van der Waals surface area contributed by atoms with Gasteiger partial charge in [-0.15, -0.1) is 11.3 Å². The number of thiophene rings is 1. The molecule has 5 nitrogen and oxygen atoms in total. The van der Waals surface area contributed by atoms with E-state index in [1.165, 1.54) is 10.3 Å². The molecule has 23 heavy (non-hydrogen) atoms. The van der Waals surface area contributed by atoms with Gasteiger partial charge in [0.05, 0.1) is 5.39 Å². The Bertz CT molecular complexity index is 744. The van der Waals surface area contributed by atoms with E-state index in [4.69, 9.17) is 4.98 Å². The molecule has 1 amide bonds. The first-order valence-corrected chi connectivity index (χ1v) is 9.28. The molecule has 0 spiro atoms. The van der Waals surface area contributed by atoms with Crippen molar-refractivity contribution in [2.45, 2.75) is 33.1 Å². The van der Waals surface area contributed by atoms with E-state index in [0.717, 1.165) is 61.9 Å². The average molecular weight is 330 g/mol. The monoisotopic (exact) mass is 330 g/mol. The van der Waals surface area contributed by atoms with Crippen LogP contribution < -0.4 is 4.90 Å². The van der Waals surface area contributed by atoms with Gasteiger partial charge in [-0.25, -0.2) is 9.97 Å². The maximum absolute atomic E-state index is 12.2. The number of anilines is 1. The van der Waals surface area contributed by atoms with Crippen molar-refractivity contribution < 1.29 is 4.79 Å². The van der Waals surface area contributed by atoms with Gasteiger partial charge in [0.25, 0.3) is 0 Å². The molecule has 4 rings (SSSR count). The van der Waals surface area contributed by atoms with Gasteiger partial charge in [0.2, 0.25) is 5.91 Å². The van der Waals surface area contributed by atoms with Gasteiger partial charge in [-0.2, -0.15) is 0 Å². The van der Waals surface area contributed by atoms with Crippen molar-refractivity contribution in [1.29, 1.82) is 0 Å². The molecule has 3 heterocycles. The topological polar surface area (TPSA) is 49.3 Å². The minimum absolute atomic E-state index is 0.318. The van der Waals surface area contributed by atoms with Crippen molar-refractivity contribution in [3.05, 3.63) is 16.8 Å². The number of carbonyl (C=O) groups excluding carboxylic acids is 1. The molecule has 2 aromatic heterocycles. The third-order valence-corrected chi connectivity index (χ3v) is 5.87. The van der Waals surface area contributed by atoms with Crippen LogP contribution in [0.15, 0.2) is 6.07 Å². The number of aryl methyl sites for hydroxylation is 2. The fraction of sp³-hybridized carbons (Fsp3) is 0.588. The van der Waals surface area contributed by atoms with E-state index in [2.05, 4.69) is 22.9 Å². The van der Waals surface area contributed by atoms with E-state index < -0.39 is 0 Å². The molecule has 1 aliphatic carbocycles. The molecule has 2 aliphatic rings. The normalized spacial score (nSPS) is 18.7. The van der Waals surface area contributed by atoms with E-state index in [9.17, 15) is 4.79 Å². The minimum atomic E-state index is 0.318. The Morgan fingerprint density at radius 3 is 2.65 bits per heavy atom. The molecule has 6 heteroatoms. The Labute approximate surface area is 140 Å². The van der Waals surface area contributed by atoms with Gasteiger partial charge in [-0.3, -0.25) is 4.79 Å². The smallest absolute Gasteiger partial charge is 0.225 e. The van der Waals surface area contributed by atoms with Crippen molar-refractivity contribution in [2.24, 2.45) is 5.92 Å². The molecule has 0 radical (unpaired) electrons. The average Bonchev–Trinajstić information content (AvgIpc) is 3.33. The molecule has 1 saturated carbocycles. The van der Waals surface area contributed by atoms with Gasteiger partial charge >= 0.3 is 0 Å². The van der Waals surface area contributed by atoms with E-state index in [1.807, 2.05) is 11.8 Å². The summed E-state index contributed by atoms with van der Waals surface area (Å²) in [4.78, 5) is 28.3.